The third-order valence-electron chi connectivity index (χ3n) is 3.37. The van der Waals surface area contributed by atoms with E-state index in [4.69, 9.17) is 4.74 Å². The third-order valence-corrected chi connectivity index (χ3v) is 3.37. The fourth-order valence-corrected chi connectivity index (χ4v) is 2.19. The van der Waals surface area contributed by atoms with Gasteiger partial charge < -0.3 is 30.7 Å². The number of hydrogen-bond donors (Lipinski definition) is 5. The zero-order chi connectivity index (χ0) is 15.6. The van der Waals surface area contributed by atoms with Crippen LogP contribution in [0.15, 0.2) is 24.3 Å². The van der Waals surface area contributed by atoms with Crippen molar-refractivity contribution < 1.29 is 24.9 Å². The van der Waals surface area contributed by atoms with E-state index in [9.17, 15) is 20.1 Å². The molecule has 1 heterocycles. The molecule has 0 unspecified atom stereocenters. The summed E-state index contributed by atoms with van der Waals surface area (Å²) in [6, 6.07) is 6.83. The van der Waals surface area contributed by atoms with Gasteiger partial charge in [0.2, 0.25) is 5.91 Å². The van der Waals surface area contributed by atoms with Crippen molar-refractivity contribution in [3.8, 4) is 0 Å². The van der Waals surface area contributed by atoms with E-state index in [0.29, 0.717) is 11.4 Å². The van der Waals surface area contributed by atoms with Gasteiger partial charge in [0.05, 0.1) is 6.10 Å². The predicted octanol–water partition coefficient (Wildman–Crippen LogP) is -0.116. The van der Waals surface area contributed by atoms with E-state index < -0.39 is 30.6 Å². The van der Waals surface area contributed by atoms with Crippen molar-refractivity contribution in [1.29, 1.82) is 0 Å². The minimum Gasteiger partial charge on any atom is -0.388 e. The zero-order valence-corrected chi connectivity index (χ0v) is 11.9. The van der Waals surface area contributed by atoms with Crippen LogP contribution in [0, 0.1) is 0 Å². The molecule has 1 aromatic carbocycles. The first-order chi connectivity index (χ1) is 9.88. The van der Waals surface area contributed by atoms with E-state index in [0.717, 1.165) is 0 Å². The maximum atomic E-state index is 10.9. The van der Waals surface area contributed by atoms with Gasteiger partial charge in [-0.3, -0.25) is 4.79 Å². The summed E-state index contributed by atoms with van der Waals surface area (Å²) in [6.07, 6.45) is -5.07. The maximum Gasteiger partial charge on any atom is 0.221 e. The summed E-state index contributed by atoms with van der Waals surface area (Å²) in [5.41, 5.74) is 1.31. The highest BCUT2D eigenvalue weighted by Crippen LogP contribution is 2.23. The van der Waals surface area contributed by atoms with Crippen LogP contribution in [0.1, 0.15) is 13.8 Å². The molecule has 7 heteroatoms. The zero-order valence-electron chi connectivity index (χ0n) is 11.9. The second-order valence-electron chi connectivity index (χ2n) is 5.14. The number of aliphatic hydroxyl groups is 3. The SMILES string of the molecule is CC(=O)Nc1ccc(N[C@@H]2O[C@@H](C)[C@H](O)[C@@H](O)[C@H]2O)cc1. The molecule has 5 atom stereocenters. The van der Waals surface area contributed by atoms with Crippen LogP contribution in [0.25, 0.3) is 0 Å². The lowest BCUT2D eigenvalue weighted by atomic mass is 9.99. The molecule has 0 aromatic heterocycles. The number of carbonyl (C=O) groups excluding carboxylic acids is 1. The maximum absolute atomic E-state index is 10.9. The number of anilines is 2. The second kappa shape index (κ2) is 6.40. The van der Waals surface area contributed by atoms with Crippen LogP contribution in [0.2, 0.25) is 0 Å². The molecular formula is C14H20N2O5. The monoisotopic (exact) mass is 296 g/mol. The number of amides is 1. The van der Waals surface area contributed by atoms with Crippen molar-refractivity contribution in [2.75, 3.05) is 10.6 Å². The molecule has 7 nitrogen and oxygen atoms in total. The fourth-order valence-electron chi connectivity index (χ4n) is 2.19. The number of benzene rings is 1. The average molecular weight is 296 g/mol. The van der Waals surface area contributed by atoms with Crippen molar-refractivity contribution in [3.63, 3.8) is 0 Å². The minimum absolute atomic E-state index is 0.160. The summed E-state index contributed by atoms with van der Waals surface area (Å²) in [4.78, 5) is 10.9. The van der Waals surface area contributed by atoms with Gasteiger partial charge in [-0.15, -0.1) is 0 Å². The number of ether oxygens (including phenoxy) is 1. The van der Waals surface area contributed by atoms with Crippen LogP contribution in [0.3, 0.4) is 0 Å². The largest absolute Gasteiger partial charge is 0.388 e. The standard InChI is InChI=1S/C14H20N2O5/c1-7-11(18)12(19)13(20)14(21-7)16-10-5-3-9(4-6-10)15-8(2)17/h3-7,11-14,16,18-20H,1-2H3,(H,15,17)/t7-,11-,12+,13+,14+/m0/s1. The highest BCUT2D eigenvalue weighted by Gasteiger charge is 2.41. The van der Waals surface area contributed by atoms with E-state index in [2.05, 4.69) is 10.6 Å². The Balaban J connectivity index is 2.02. The molecule has 0 spiro atoms. The van der Waals surface area contributed by atoms with Gasteiger partial charge in [0, 0.05) is 18.3 Å². The first-order valence-electron chi connectivity index (χ1n) is 6.72. The second-order valence-corrected chi connectivity index (χ2v) is 5.14. The molecule has 1 aliphatic rings. The number of aliphatic hydroxyl groups excluding tert-OH is 3. The van der Waals surface area contributed by atoms with Gasteiger partial charge in [0.15, 0.2) is 6.23 Å². The minimum atomic E-state index is -1.27. The summed E-state index contributed by atoms with van der Waals surface area (Å²) in [6.45, 7) is 3.04. The van der Waals surface area contributed by atoms with Gasteiger partial charge in [-0.2, -0.15) is 0 Å². The van der Waals surface area contributed by atoms with Gasteiger partial charge in [-0.05, 0) is 31.2 Å². The Labute approximate surface area is 122 Å². The Bertz CT molecular complexity index is 493. The fraction of sp³-hybridized carbons (Fsp3) is 0.500. The molecule has 1 amide bonds. The smallest absolute Gasteiger partial charge is 0.221 e. The predicted molar refractivity (Wildman–Crippen MR) is 76.7 cm³/mol. The molecule has 0 aliphatic carbocycles. The number of hydrogen-bond acceptors (Lipinski definition) is 6. The van der Waals surface area contributed by atoms with Crippen molar-refractivity contribution in [3.05, 3.63) is 24.3 Å². The van der Waals surface area contributed by atoms with E-state index >= 15 is 0 Å². The van der Waals surface area contributed by atoms with Gasteiger partial charge in [0.1, 0.15) is 18.3 Å². The molecule has 1 aromatic rings. The van der Waals surface area contributed by atoms with Gasteiger partial charge in [-0.25, -0.2) is 0 Å². The molecule has 1 aliphatic heterocycles. The Kier molecular flexibility index (Phi) is 4.79. The van der Waals surface area contributed by atoms with Gasteiger partial charge in [0.25, 0.3) is 0 Å². The third kappa shape index (κ3) is 3.70. The molecule has 21 heavy (non-hydrogen) atoms. The van der Waals surface area contributed by atoms with Crippen LogP contribution >= 0.6 is 0 Å². The van der Waals surface area contributed by atoms with Gasteiger partial charge in [-0.1, -0.05) is 0 Å². The van der Waals surface area contributed by atoms with Gasteiger partial charge >= 0.3 is 0 Å². The summed E-state index contributed by atoms with van der Waals surface area (Å²) in [7, 11) is 0. The van der Waals surface area contributed by atoms with E-state index in [1.165, 1.54) is 6.92 Å². The molecule has 0 bridgehead atoms. The Hall–Kier alpha value is -1.67. The van der Waals surface area contributed by atoms with Crippen LogP contribution in [-0.4, -0.2) is 51.9 Å². The van der Waals surface area contributed by atoms with Crippen LogP contribution in [0.5, 0.6) is 0 Å². The van der Waals surface area contributed by atoms with Crippen molar-refractivity contribution in [1.82, 2.24) is 0 Å². The Morgan fingerprint density at radius 1 is 1.05 bits per heavy atom. The lowest BCUT2D eigenvalue weighted by Gasteiger charge is -2.39. The molecule has 1 fully saturated rings. The number of carbonyl (C=O) groups is 1. The molecule has 2 rings (SSSR count). The molecule has 1 saturated heterocycles. The molecule has 0 saturated carbocycles. The van der Waals surface area contributed by atoms with Crippen molar-refractivity contribution in [2.24, 2.45) is 0 Å². The molecule has 116 valence electrons. The summed E-state index contributed by atoms with van der Waals surface area (Å²) < 4.78 is 5.44. The highest BCUT2D eigenvalue weighted by molar-refractivity contribution is 5.88. The van der Waals surface area contributed by atoms with Crippen molar-refractivity contribution >= 4 is 17.3 Å². The van der Waals surface area contributed by atoms with Crippen LogP contribution in [0.4, 0.5) is 11.4 Å². The summed E-state index contributed by atoms with van der Waals surface area (Å²) in [5, 5.41) is 34.8. The van der Waals surface area contributed by atoms with E-state index in [-0.39, 0.29) is 5.91 Å². The first kappa shape index (κ1) is 15.7. The molecule has 5 N–H and O–H groups in total. The first-order valence-corrected chi connectivity index (χ1v) is 6.72. The average Bonchev–Trinajstić information content (AvgIpc) is 2.44. The number of nitrogens with one attached hydrogen (secondary N) is 2. The lowest BCUT2D eigenvalue weighted by Crippen LogP contribution is -2.58. The quantitative estimate of drug-likeness (QED) is 0.532. The summed E-state index contributed by atoms with van der Waals surface area (Å²) >= 11 is 0. The van der Waals surface area contributed by atoms with Crippen LogP contribution in [-0.2, 0) is 9.53 Å². The lowest BCUT2D eigenvalue weighted by molar-refractivity contribution is -0.209. The Morgan fingerprint density at radius 2 is 1.62 bits per heavy atom. The number of rotatable bonds is 3. The van der Waals surface area contributed by atoms with E-state index in [1.54, 1.807) is 31.2 Å². The normalized spacial score (nSPS) is 32.5. The molecular weight excluding hydrogens is 276 g/mol. The Morgan fingerprint density at radius 3 is 2.19 bits per heavy atom. The topological polar surface area (TPSA) is 111 Å². The van der Waals surface area contributed by atoms with Crippen molar-refractivity contribution in [2.45, 2.75) is 44.5 Å². The highest BCUT2D eigenvalue weighted by atomic mass is 16.5. The summed E-state index contributed by atoms with van der Waals surface area (Å²) in [5.74, 6) is -0.160. The van der Waals surface area contributed by atoms with Crippen LogP contribution < -0.4 is 10.6 Å². The van der Waals surface area contributed by atoms with E-state index in [1.807, 2.05) is 0 Å². The molecule has 0 radical (unpaired) electrons.